The maximum absolute atomic E-state index is 5.92. The van der Waals surface area contributed by atoms with Gasteiger partial charge in [-0.15, -0.1) is 0 Å². The normalized spacial score (nSPS) is 10.7. The fourth-order valence-electron chi connectivity index (χ4n) is 2.90. The van der Waals surface area contributed by atoms with Crippen LogP contribution in [0.25, 0.3) is 10.9 Å². The van der Waals surface area contributed by atoms with E-state index in [1.165, 1.54) is 0 Å². The lowest BCUT2D eigenvalue weighted by Crippen LogP contribution is -2.00. The van der Waals surface area contributed by atoms with Crippen LogP contribution in [0.5, 0.6) is 11.5 Å². The van der Waals surface area contributed by atoms with Crippen LogP contribution in [0, 0.1) is 13.0 Å². The lowest BCUT2D eigenvalue weighted by molar-refractivity contribution is 0.293. The minimum atomic E-state index is 0.434. The Kier molecular flexibility index (Phi) is 5.01. The van der Waals surface area contributed by atoms with E-state index in [9.17, 15) is 0 Å². The molecule has 0 N–H and O–H groups in total. The summed E-state index contributed by atoms with van der Waals surface area (Å²) in [6.07, 6.45) is 0. The van der Waals surface area contributed by atoms with Crippen molar-refractivity contribution in [3.05, 3.63) is 102 Å². The first-order valence-electron chi connectivity index (χ1n) is 8.94. The fourth-order valence-corrected chi connectivity index (χ4v) is 2.90. The summed E-state index contributed by atoms with van der Waals surface area (Å²) < 4.78 is 11.8. The first kappa shape index (κ1) is 17.1. The summed E-state index contributed by atoms with van der Waals surface area (Å²) in [5.74, 6) is 1.66. The van der Waals surface area contributed by atoms with Crippen molar-refractivity contribution >= 4 is 10.9 Å². The van der Waals surface area contributed by atoms with Gasteiger partial charge in [-0.05, 0) is 54.4 Å². The molecule has 1 aromatic heterocycles. The Morgan fingerprint density at radius 1 is 0.852 bits per heavy atom. The van der Waals surface area contributed by atoms with Crippen molar-refractivity contribution in [3.8, 4) is 11.5 Å². The van der Waals surface area contributed by atoms with E-state index in [1.807, 2.05) is 73.7 Å². The molecule has 0 bridgehead atoms. The van der Waals surface area contributed by atoms with Crippen molar-refractivity contribution < 1.29 is 9.47 Å². The van der Waals surface area contributed by atoms with Gasteiger partial charge in [-0.2, -0.15) is 0 Å². The number of hydrogen-bond acceptors (Lipinski definition) is 3. The Bertz CT molecular complexity index is 1040. The van der Waals surface area contributed by atoms with Crippen molar-refractivity contribution in [1.82, 2.24) is 4.98 Å². The minimum absolute atomic E-state index is 0.434. The van der Waals surface area contributed by atoms with Crippen LogP contribution in [0.4, 0.5) is 0 Å². The first-order chi connectivity index (χ1) is 13.3. The van der Waals surface area contributed by atoms with Crippen molar-refractivity contribution in [3.63, 3.8) is 0 Å². The van der Waals surface area contributed by atoms with Gasteiger partial charge in [0.15, 0.2) is 0 Å². The molecule has 0 unspecified atom stereocenters. The number of pyridine rings is 1. The van der Waals surface area contributed by atoms with Gasteiger partial charge in [-0.3, -0.25) is 0 Å². The van der Waals surface area contributed by atoms with Gasteiger partial charge in [0.05, 0.1) is 11.2 Å². The molecule has 3 aromatic carbocycles. The molecule has 0 saturated heterocycles. The second-order valence-corrected chi connectivity index (χ2v) is 6.39. The SMILES string of the molecule is Cc1cc(OCc2ccc3ccccc3n2)ccc1OCc1[c]cccc1. The number of benzene rings is 3. The van der Waals surface area contributed by atoms with Crippen LogP contribution in [-0.4, -0.2) is 4.98 Å². The summed E-state index contributed by atoms with van der Waals surface area (Å²) in [4.78, 5) is 4.64. The second kappa shape index (κ2) is 7.92. The molecule has 27 heavy (non-hydrogen) atoms. The lowest BCUT2D eigenvalue weighted by atomic mass is 10.2. The number of aryl methyl sites for hydroxylation is 1. The van der Waals surface area contributed by atoms with Gasteiger partial charge in [-0.1, -0.05) is 48.5 Å². The molecule has 0 aliphatic heterocycles. The zero-order valence-electron chi connectivity index (χ0n) is 15.2. The van der Waals surface area contributed by atoms with E-state index < -0.39 is 0 Å². The molecule has 0 aliphatic carbocycles. The molecular formula is C24H20NO2. The summed E-state index contributed by atoms with van der Waals surface area (Å²) >= 11 is 0. The van der Waals surface area contributed by atoms with Gasteiger partial charge in [0.25, 0.3) is 0 Å². The number of para-hydroxylation sites is 1. The molecule has 133 valence electrons. The van der Waals surface area contributed by atoms with E-state index in [-0.39, 0.29) is 0 Å². The molecule has 1 radical (unpaired) electrons. The lowest BCUT2D eigenvalue weighted by Gasteiger charge is -2.12. The van der Waals surface area contributed by atoms with E-state index in [4.69, 9.17) is 9.47 Å². The molecule has 4 aromatic rings. The van der Waals surface area contributed by atoms with Crippen molar-refractivity contribution in [2.45, 2.75) is 20.1 Å². The van der Waals surface area contributed by atoms with Gasteiger partial charge in [0.2, 0.25) is 0 Å². The summed E-state index contributed by atoms with van der Waals surface area (Å²) in [6.45, 7) is 2.96. The van der Waals surface area contributed by atoms with Crippen LogP contribution >= 0.6 is 0 Å². The predicted octanol–water partition coefficient (Wildman–Crippen LogP) is 5.50. The third-order valence-corrected chi connectivity index (χ3v) is 4.35. The van der Waals surface area contributed by atoms with Gasteiger partial charge in [0.1, 0.15) is 24.7 Å². The van der Waals surface area contributed by atoms with Crippen LogP contribution in [0.15, 0.2) is 78.9 Å². The molecule has 0 fully saturated rings. The van der Waals surface area contributed by atoms with Crippen LogP contribution in [0.1, 0.15) is 16.8 Å². The molecule has 0 atom stereocenters. The highest BCUT2D eigenvalue weighted by Gasteiger charge is 2.04. The predicted molar refractivity (Wildman–Crippen MR) is 107 cm³/mol. The molecule has 4 rings (SSSR count). The highest BCUT2D eigenvalue weighted by Crippen LogP contribution is 2.25. The molecule has 0 aliphatic rings. The summed E-state index contributed by atoms with van der Waals surface area (Å²) in [5.41, 5.74) is 3.96. The highest BCUT2D eigenvalue weighted by atomic mass is 16.5. The second-order valence-electron chi connectivity index (χ2n) is 6.39. The zero-order valence-corrected chi connectivity index (χ0v) is 15.2. The molecular weight excluding hydrogens is 334 g/mol. The molecule has 3 nitrogen and oxygen atoms in total. The third-order valence-electron chi connectivity index (χ3n) is 4.35. The largest absolute Gasteiger partial charge is 0.489 e. The van der Waals surface area contributed by atoms with Gasteiger partial charge in [0, 0.05) is 5.39 Å². The van der Waals surface area contributed by atoms with E-state index in [0.29, 0.717) is 13.2 Å². The van der Waals surface area contributed by atoms with Crippen molar-refractivity contribution in [2.75, 3.05) is 0 Å². The quantitative estimate of drug-likeness (QED) is 0.458. The van der Waals surface area contributed by atoms with E-state index >= 15 is 0 Å². The maximum Gasteiger partial charge on any atom is 0.130 e. The summed E-state index contributed by atoms with van der Waals surface area (Å²) in [7, 11) is 0. The van der Waals surface area contributed by atoms with Gasteiger partial charge < -0.3 is 9.47 Å². The molecule has 0 spiro atoms. The summed E-state index contributed by atoms with van der Waals surface area (Å²) in [6, 6.07) is 29.0. The van der Waals surface area contributed by atoms with Crippen molar-refractivity contribution in [2.24, 2.45) is 0 Å². The number of aromatic nitrogens is 1. The molecule has 1 heterocycles. The monoisotopic (exact) mass is 354 g/mol. The van der Waals surface area contributed by atoms with E-state index in [0.717, 1.165) is 39.2 Å². The van der Waals surface area contributed by atoms with Crippen LogP contribution in [0.3, 0.4) is 0 Å². The van der Waals surface area contributed by atoms with E-state index in [1.54, 1.807) is 0 Å². The highest BCUT2D eigenvalue weighted by molar-refractivity contribution is 5.78. The average Bonchev–Trinajstić information content (AvgIpc) is 2.72. The van der Waals surface area contributed by atoms with Gasteiger partial charge in [-0.25, -0.2) is 4.98 Å². The van der Waals surface area contributed by atoms with Crippen LogP contribution < -0.4 is 9.47 Å². The smallest absolute Gasteiger partial charge is 0.130 e. The standard InChI is InChI=1S/C24H20NO2/c1-18-15-22(13-14-24(18)27-16-19-7-3-2-4-8-19)26-17-21-12-11-20-9-5-6-10-23(20)25-21/h2-7,9-15H,16-17H2,1H3. The number of hydrogen-bond donors (Lipinski definition) is 0. The number of fused-ring (bicyclic) bond motifs is 1. The van der Waals surface area contributed by atoms with Gasteiger partial charge >= 0.3 is 0 Å². The molecule has 0 saturated carbocycles. The Morgan fingerprint density at radius 2 is 1.74 bits per heavy atom. The fraction of sp³-hybridized carbons (Fsp3) is 0.125. The maximum atomic E-state index is 5.92. The minimum Gasteiger partial charge on any atom is -0.489 e. The number of nitrogens with zero attached hydrogens (tertiary/aromatic N) is 1. The van der Waals surface area contributed by atoms with Crippen LogP contribution in [0.2, 0.25) is 0 Å². The number of ether oxygens (including phenoxy) is 2. The van der Waals surface area contributed by atoms with Crippen molar-refractivity contribution in [1.29, 1.82) is 0 Å². The Hall–Kier alpha value is -3.33. The first-order valence-corrected chi connectivity index (χ1v) is 8.94. The van der Waals surface area contributed by atoms with Crippen LogP contribution in [-0.2, 0) is 13.2 Å². The Labute approximate surface area is 159 Å². The third kappa shape index (κ3) is 4.26. The topological polar surface area (TPSA) is 31.4 Å². The van der Waals surface area contributed by atoms with E-state index in [2.05, 4.69) is 23.2 Å². The number of rotatable bonds is 6. The molecule has 3 heteroatoms. The Morgan fingerprint density at radius 3 is 2.59 bits per heavy atom. The molecule has 0 amide bonds. The average molecular weight is 354 g/mol. The zero-order chi connectivity index (χ0) is 18.5. The summed E-state index contributed by atoms with van der Waals surface area (Å²) in [5, 5.41) is 1.13. The Balaban J connectivity index is 1.39.